The number of hydrogen-bond donors (Lipinski definition) is 2. The van der Waals surface area contributed by atoms with Gasteiger partial charge < -0.3 is 15.4 Å². The molecule has 2 N–H and O–H groups in total. The highest BCUT2D eigenvalue weighted by atomic mass is 19.1. The quantitative estimate of drug-likeness (QED) is 0.805. The molecular formula is C18H21FN4O2. The average Bonchev–Trinajstić information content (AvgIpc) is 3.15. The zero-order chi connectivity index (χ0) is 17.5. The molecule has 1 atom stereocenters. The first-order valence-electron chi connectivity index (χ1n) is 8.41. The Labute approximate surface area is 145 Å². The van der Waals surface area contributed by atoms with E-state index in [1.165, 1.54) is 24.5 Å². The summed E-state index contributed by atoms with van der Waals surface area (Å²) < 4.78 is 18.4. The Hall–Kier alpha value is -2.54. The number of nitrogens with zero attached hydrogens (tertiary/aromatic N) is 2. The molecule has 1 aliphatic rings. The molecule has 1 amide bonds. The van der Waals surface area contributed by atoms with Gasteiger partial charge in [-0.3, -0.25) is 4.79 Å². The predicted octanol–water partition coefficient (Wildman–Crippen LogP) is 2.18. The molecule has 0 saturated carbocycles. The Kier molecular flexibility index (Phi) is 5.90. The van der Waals surface area contributed by atoms with Crippen molar-refractivity contribution >= 4 is 11.9 Å². The van der Waals surface area contributed by atoms with Crippen molar-refractivity contribution in [2.75, 3.05) is 25.0 Å². The third-order valence-electron chi connectivity index (χ3n) is 4.04. The van der Waals surface area contributed by atoms with Gasteiger partial charge in [0, 0.05) is 32.1 Å². The smallest absolute Gasteiger partial charge is 0.254 e. The van der Waals surface area contributed by atoms with Crippen LogP contribution in [0.1, 0.15) is 28.8 Å². The number of amides is 1. The van der Waals surface area contributed by atoms with Crippen LogP contribution in [0.2, 0.25) is 0 Å². The molecule has 1 saturated heterocycles. The summed E-state index contributed by atoms with van der Waals surface area (Å²) in [7, 11) is 0. The minimum absolute atomic E-state index is 0.207. The van der Waals surface area contributed by atoms with Gasteiger partial charge in [-0.15, -0.1) is 0 Å². The largest absolute Gasteiger partial charge is 0.376 e. The van der Waals surface area contributed by atoms with Gasteiger partial charge >= 0.3 is 0 Å². The molecule has 132 valence electrons. The van der Waals surface area contributed by atoms with Crippen LogP contribution >= 0.6 is 0 Å². The highest BCUT2D eigenvalue weighted by Gasteiger charge is 2.15. The summed E-state index contributed by atoms with van der Waals surface area (Å²) >= 11 is 0. The first-order valence-corrected chi connectivity index (χ1v) is 8.41. The second-order valence-corrected chi connectivity index (χ2v) is 5.94. The summed E-state index contributed by atoms with van der Waals surface area (Å²) in [6.45, 7) is 1.94. The second kappa shape index (κ2) is 8.53. The van der Waals surface area contributed by atoms with Crippen LogP contribution in [0.3, 0.4) is 0 Å². The molecule has 3 rings (SSSR count). The fourth-order valence-electron chi connectivity index (χ4n) is 2.62. The van der Waals surface area contributed by atoms with Crippen LogP contribution in [0.25, 0.3) is 0 Å². The number of anilines is 1. The third kappa shape index (κ3) is 5.22. The van der Waals surface area contributed by atoms with Crippen molar-refractivity contribution in [3.8, 4) is 0 Å². The number of halogens is 1. The summed E-state index contributed by atoms with van der Waals surface area (Å²) in [5, 5.41) is 5.92. The molecule has 0 aliphatic carbocycles. The monoisotopic (exact) mass is 344 g/mol. The van der Waals surface area contributed by atoms with Crippen LogP contribution < -0.4 is 10.6 Å². The van der Waals surface area contributed by atoms with Crippen LogP contribution in [0.5, 0.6) is 0 Å². The van der Waals surface area contributed by atoms with Crippen molar-refractivity contribution in [3.05, 3.63) is 53.6 Å². The van der Waals surface area contributed by atoms with Crippen molar-refractivity contribution in [1.29, 1.82) is 0 Å². The molecule has 25 heavy (non-hydrogen) atoms. The molecule has 1 aromatic heterocycles. The van der Waals surface area contributed by atoms with E-state index in [0.29, 0.717) is 31.0 Å². The number of carbonyl (C=O) groups is 1. The average molecular weight is 344 g/mol. The molecule has 2 heterocycles. The maximum atomic E-state index is 12.8. The van der Waals surface area contributed by atoms with Gasteiger partial charge in [-0.2, -0.15) is 0 Å². The number of aromatic nitrogens is 2. The molecule has 1 fully saturated rings. The van der Waals surface area contributed by atoms with Gasteiger partial charge in [-0.25, -0.2) is 14.4 Å². The standard InChI is InChI=1S/C18H21FN4O2/c19-15-5-3-13(4-6-15)7-8-20-17(24)14-10-21-18(22-11-14)23-12-16-2-1-9-25-16/h3-6,10-11,16H,1-2,7-9,12H2,(H,20,24)(H,21,22,23). The van der Waals surface area contributed by atoms with Crippen molar-refractivity contribution < 1.29 is 13.9 Å². The summed E-state index contributed by atoms with van der Waals surface area (Å²) in [4.78, 5) is 20.4. The Bertz CT molecular complexity index is 685. The van der Waals surface area contributed by atoms with Crippen molar-refractivity contribution in [1.82, 2.24) is 15.3 Å². The summed E-state index contributed by atoms with van der Waals surface area (Å²) in [6.07, 6.45) is 5.97. The number of benzene rings is 1. The molecule has 2 aromatic rings. The normalized spacial score (nSPS) is 16.6. The Morgan fingerprint density at radius 1 is 1.24 bits per heavy atom. The van der Waals surface area contributed by atoms with Crippen LogP contribution in [-0.4, -0.2) is 41.7 Å². The minimum atomic E-state index is -0.266. The molecule has 1 unspecified atom stereocenters. The van der Waals surface area contributed by atoms with E-state index in [4.69, 9.17) is 4.74 Å². The predicted molar refractivity (Wildman–Crippen MR) is 91.9 cm³/mol. The summed E-state index contributed by atoms with van der Waals surface area (Å²) in [6, 6.07) is 6.24. The van der Waals surface area contributed by atoms with E-state index in [-0.39, 0.29) is 17.8 Å². The maximum absolute atomic E-state index is 12.8. The van der Waals surface area contributed by atoms with E-state index in [1.54, 1.807) is 12.1 Å². The highest BCUT2D eigenvalue weighted by molar-refractivity contribution is 5.93. The number of hydrogen-bond acceptors (Lipinski definition) is 5. The van der Waals surface area contributed by atoms with Crippen LogP contribution in [0.4, 0.5) is 10.3 Å². The lowest BCUT2D eigenvalue weighted by Crippen LogP contribution is -2.26. The van der Waals surface area contributed by atoms with Crippen LogP contribution in [0, 0.1) is 5.82 Å². The summed E-state index contributed by atoms with van der Waals surface area (Å²) in [5.41, 5.74) is 1.37. The number of carbonyl (C=O) groups excluding carboxylic acids is 1. The second-order valence-electron chi connectivity index (χ2n) is 5.94. The van der Waals surface area contributed by atoms with Gasteiger partial charge in [0.05, 0.1) is 11.7 Å². The van der Waals surface area contributed by atoms with Crippen LogP contribution in [-0.2, 0) is 11.2 Å². The first kappa shape index (κ1) is 17.3. The van der Waals surface area contributed by atoms with Crippen molar-refractivity contribution in [2.45, 2.75) is 25.4 Å². The van der Waals surface area contributed by atoms with Crippen molar-refractivity contribution in [3.63, 3.8) is 0 Å². The Balaban J connectivity index is 1.42. The first-order chi connectivity index (χ1) is 12.2. The maximum Gasteiger partial charge on any atom is 0.254 e. The van der Waals surface area contributed by atoms with Gasteiger partial charge in [0.15, 0.2) is 0 Å². The fourth-order valence-corrected chi connectivity index (χ4v) is 2.62. The lowest BCUT2D eigenvalue weighted by atomic mass is 10.1. The fraction of sp³-hybridized carbons (Fsp3) is 0.389. The molecule has 1 aliphatic heterocycles. The van der Waals surface area contributed by atoms with Gasteiger partial charge in [0.25, 0.3) is 5.91 Å². The number of ether oxygens (including phenoxy) is 1. The van der Waals surface area contributed by atoms with E-state index in [1.807, 2.05) is 0 Å². The number of rotatable bonds is 7. The minimum Gasteiger partial charge on any atom is -0.376 e. The van der Waals surface area contributed by atoms with E-state index >= 15 is 0 Å². The molecule has 0 radical (unpaired) electrons. The van der Waals surface area contributed by atoms with Gasteiger partial charge in [-0.05, 0) is 37.0 Å². The van der Waals surface area contributed by atoms with Gasteiger partial charge in [0.1, 0.15) is 5.82 Å². The lowest BCUT2D eigenvalue weighted by Gasteiger charge is -2.10. The van der Waals surface area contributed by atoms with E-state index < -0.39 is 0 Å². The van der Waals surface area contributed by atoms with E-state index in [0.717, 1.165) is 25.0 Å². The molecule has 1 aromatic carbocycles. The molecule has 0 bridgehead atoms. The topological polar surface area (TPSA) is 76.1 Å². The van der Waals surface area contributed by atoms with Gasteiger partial charge in [-0.1, -0.05) is 12.1 Å². The molecular weight excluding hydrogens is 323 g/mol. The lowest BCUT2D eigenvalue weighted by molar-refractivity contribution is 0.0953. The SMILES string of the molecule is O=C(NCCc1ccc(F)cc1)c1cnc(NCC2CCCO2)nc1. The third-order valence-corrected chi connectivity index (χ3v) is 4.04. The Morgan fingerprint density at radius 3 is 2.68 bits per heavy atom. The van der Waals surface area contributed by atoms with Crippen LogP contribution in [0.15, 0.2) is 36.7 Å². The van der Waals surface area contributed by atoms with E-state index in [9.17, 15) is 9.18 Å². The molecule has 0 spiro atoms. The van der Waals surface area contributed by atoms with Crippen molar-refractivity contribution in [2.24, 2.45) is 0 Å². The molecule has 7 heteroatoms. The zero-order valence-electron chi connectivity index (χ0n) is 13.9. The zero-order valence-corrected chi connectivity index (χ0v) is 13.9. The molecule has 6 nitrogen and oxygen atoms in total. The Morgan fingerprint density at radius 2 is 2.00 bits per heavy atom. The van der Waals surface area contributed by atoms with E-state index in [2.05, 4.69) is 20.6 Å². The number of nitrogens with one attached hydrogen (secondary N) is 2. The highest BCUT2D eigenvalue weighted by Crippen LogP contribution is 2.12. The van der Waals surface area contributed by atoms with Gasteiger partial charge in [0.2, 0.25) is 5.95 Å². The summed E-state index contributed by atoms with van der Waals surface area (Å²) in [5.74, 6) is -0.00993.